The fourth-order valence-electron chi connectivity index (χ4n) is 2.14. The van der Waals surface area contributed by atoms with Crippen molar-refractivity contribution in [1.29, 1.82) is 0 Å². The molecule has 3 heteroatoms. The van der Waals surface area contributed by atoms with Crippen LogP contribution in [0.4, 0.5) is 0 Å². The van der Waals surface area contributed by atoms with Gasteiger partial charge in [-0.1, -0.05) is 13.8 Å². The monoisotopic (exact) mass is 217 g/mol. The van der Waals surface area contributed by atoms with Gasteiger partial charge in [0.2, 0.25) is 0 Å². The summed E-state index contributed by atoms with van der Waals surface area (Å²) in [6, 6.07) is 1.08. The Kier molecular flexibility index (Phi) is 4.58. The largest absolute Gasteiger partial charge is 0.311 e. The quantitative estimate of drug-likeness (QED) is 0.760. The molecule has 0 radical (unpaired) electrons. The molecule has 0 aromatic heterocycles. The van der Waals surface area contributed by atoms with E-state index >= 15 is 0 Å². The Hall–Kier alpha value is 0.110. The van der Waals surface area contributed by atoms with E-state index in [2.05, 4.69) is 26.1 Å². The van der Waals surface area contributed by atoms with Crippen molar-refractivity contribution in [2.24, 2.45) is 11.8 Å². The third-order valence-corrected chi connectivity index (χ3v) is 4.09. The summed E-state index contributed by atoms with van der Waals surface area (Å²) in [5, 5.41) is 3.54. The second-order valence-corrected chi connectivity index (χ2v) is 6.46. The maximum Gasteiger partial charge on any atom is 0.0383 e. The summed E-state index contributed by atoms with van der Waals surface area (Å²) >= 11 is 0. The molecule has 2 atom stereocenters. The fourth-order valence-corrected chi connectivity index (χ4v) is 2.95. The van der Waals surface area contributed by atoms with Crippen molar-refractivity contribution in [2.45, 2.75) is 45.7 Å². The van der Waals surface area contributed by atoms with Crippen LogP contribution in [-0.2, 0) is 10.8 Å². The van der Waals surface area contributed by atoms with Gasteiger partial charge in [0.15, 0.2) is 0 Å². The SMILES string of the molecule is CC(CS(C)=O)NC1CC(C(C)C)C1. The molecule has 0 aliphatic heterocycles. The van der Waals surface area contributed by atoms with Crippen LogP contribution >= 0.6 is 0 Å². The standard InChI is InChI=1S/C11H23NOS/c1-8(2)10-5-11(6-10)12-9(3)7-14(4)13/h8-12H,5-7H2,1-4H3. The van der Waals surface area contributed by atoms with Gasteiger partial charge in [-0.05, 0) is 31.6 Å². The van der Waals surface area contributed by atoms with E-state index in [1.165, 1.54) is 12.8 Å². The molecule has 2 nitrogen and oxygen atoms in total. The van der Waals surface area contributed by atoms with E-state index in [4.69, 9.17) is 0 Å². The average molecular weight is 217 g/mol. The lowest BCUT2D eigenvalue weighted by atomic mass is 9.73. The van der Waals surface area contributed by atoms with Crippen molar-refractivity contribution in [1.82, 2.24) is 5.32 Å². The molecule has 14 heavy (non-hydrogen) atoms. The average Bonchev–Trinajstić information content (AvgIpc) is 1.93. The highest BCUT2D eigenvalue weighted by atomic mass is 32.2. The summed E-state index contributed by atoms with van der Waals surface area (Å²) < 4.78 is 11.0. The third-order valence-electron chi connectivity index (χ3n) is 3.12. The lowest BCUT2D eigenvalue weighted by Crippen LogP contribution is -2.48. The maximum absolute atomic E-state index is 11.0. The van der Waals surface area contributed by atoms with Gasteiger partial charge >= 0.3 is 0 Å². The first-order valence-corrected chi connectivity index (χ1v) is 7.27. The van der Waals surface area contributed by atoms with Crippen molar-refractivity contribution < 1.29 is 4.21 Å². The van der Waals surface area contributed by atoms with Gasteiger partial charge in [0.25, 0.3) is 0 Å². The van der Waals surface area contributed by atoms with E-state index in [0.29, 0.717) is 12.1 Å². The van der Waals surface area contributed by atoms with Crippen LogP contribution in [0.5, 0.6) is 0 Å². The van der Waals surface area contributed by atoms with E-state index in [1.807, 2.05) is 0 Å². The second kappa shape index (κ2) is 5.26. The highest BCUT2D eigenvalue weighted by molar-refractivity contribution is 7.84. The highest BCUT2D eigenvalue weighted by Crippen LogP contribution is 2.33. The normalized spacial score (nSPS) is 31.2. The van der Waals surface area contributed by atoms with E-state index in [1.54, 1.807) is 6.26 Å². The molecule has 1 aliphatic rings. The van der Waals surface area contributed by atoms with Crippen LogP contribution < -0.4 is 5.32 Å². The molecule has 1 rings (SSSR count). The van der Waals surface area contributed by atoms with Gasteiger partial charge in [0.1, 0.15) is 0 Å². The van der Waals surface area contributed by atoms with Crippen LogP contribution in [0.1, 0.15) is 33.6 Å². The minimum Gasteiger partial charge on any atom is -0.311 e. The Morgan fingerprint density at radius 3 is 2.36 bits per heavy atom. The Morgan fingerprint density at radius 2 is 1.93 bits per heavy atom. The summed E-state index contributed by atoms with van der Waals surface area (Å²) in [6.07, 6.45) is 4.38. The van der Waals surface area contributed by atoms with Gasteiger partial charge in [-0.3, -0.25) is 4.21 Å². The van der Waals surface area contributed by atoms with Crippen LogP contribution in [0.15, 0.2) is 0 Å². The first kappa shape index (κ1) is 12.2. The summed E-state index contributed by atoms with van der Waals surface area (Å²) in [5.41, 5.74) is 0. The van der Waals surface area contributed by atoms with Crippen LogP contribution in [0.2, 0.25) is 0 Å². The van der Waals surface area contributed by atoms with Crippen molar-refractivity contribution in [2.75, 3.05) is 12.0 Å². The Bertz CT molecular complexity index is 199. The molecule has 0 aromatic carbocycles. The molecule has 1 fully saturated rings. The van der Waals surface area contributed by atoms with Crippen molar-refractivity contribution in [3.05, 3.63) is 0 Å². The van der Waals surface area contributed by atoms with Crippen LogP contribution in [0.3, 0.4) is 0 Å². The molecule has 0 amide bonds. The predicted octanol–water partition coefficient (Wildman–Crippen LogP) is 1.78. The van der Waals surface area contributed by atoms with E-state index in [0.717, 1.165) is 17.6 Å². The Morgan fingerprint density at radius 1 is 1.36 bits per heavy atom. The first-order chi connectivity index (χ1) is 6.49. The van der Waals surface area contributed by atoms with Crippen LogP contribution in [0, 0.1) is 11.8 Å². The smallest absolute Gasteiger partial charge is 0.0383 e. The summed E-state index contributed by atoms with van der Waals surface area (Å²) in [4.78, 5) is 0. The Balaban J connectivity index is 2.13. The molecule has 0 aromatic rings. The molecule has 84 valence electrons. The maximum atomic E-state index is 11.0. The Labute approximate surface area is 90.3 Å². The topological polar surface area (TPSA) is 29.1 Å². The van der Waals surface area contributed by atoms with Gasteiger partial charge < -0.3 is 5.32 Å². The summed E-state index contributed by atoms with van der Waals surface area (Å²) in [7, 11) is -0.670. The first-order valence-electron chi connectivity index (χ1n) is 5.55. The third kappa shape index (κ3) is 3.70. The van der Waals surface area contributed by atoms with E-state index in [-0.39, 0.29) is 0 Å². The zero-order valence-corrected chi connectivity index (χ0v) is 10.6. The van der Waals surface area contributed by atoms with E-state index < -0.39 is 10.8 Å². The number of rotatable bonds is 5. The van der Waals surface area contributed by atoms with Crippen LogP contribution in [-0.4, -0.2) is 28.3 Å². The number of hydrogen-bond acceptors (Lipinski definition) is 2. The van der Waals surface area contributed by atoms with Crippen molar-refractivity contribution in [3.8, 4) is 0 Å². The molecule has 0 bridgehead atoms. The molecular weight excluding hydrogens is 194 g/mol. The lowest BCUT2D eigenvalue weighted by Gasteiger charge is -2.40. The molecule has 1 N–H and O–H groups in total. The molecule has 2 unspecified atom stereocenters. The van der Waals surface area contributed by atoms with Crippen molar-refractivity contribution in [3.63, 3.8) is 0 Å². The molecule has 1 saturated carbocycles. The van der Waals surface area contributed by atoms with Gasteiger partial charge in [0.05, 0.1) is 0 Å². The second-order valence-electron chi connectivity index (χ2n) is 4.98. The highest BCUT2D eigenvalue weighted by Gasteiger charge is 2.31. The van der Waals surface area contributed by atoms with Crippen molar-refractivity contribution >= 4 is 10.8 Å². The lowest BCUT2D eigenvalue weighted by molar-refractivity contribution is 0.162. The fraction of sp³-hybridized carbons (Fsp3) is 1.00. The van der Waals surface area contributed by atoms with Gasteiger partial charge in [-0.25, -0.2) is 0 Å². The van der Waals surface area contributed by atoms with E-state index in [9.17, 15) is 4.21 Å². The molecule has 1 aliphatic carbocycles. The summed E-state index contributed by atoms with van der Waals surface area (Å²) in [5.74, 6) is 2.51. The van der Waals surface area contributed by atoms with Gasteiger partial charge in [-0.15, -0.1) is 0 Å². The molecule has 0 heterocycles. The van der Waals surface area contributed by atoms with Crippen LogP contribution in [0.25, 0.3) is 0 Å². The number of nitrogens with one attached hydrogen (secondary N) is 1. The zero-order chi connectivity index (χ0) is 10.7. The minimum atomic E-state index is -0.670. The molecular formula is C11H23NOS. The zero-order valence-electron chi connectivity index (χ0n) is 9.75. The molecule has 0 saturated heterocycles. The predicted molar refractivity (Wildman–Crippen MR) is 62.9 cm³/mol. The van der Waals surface area contributed by atoms with Gasteiger partial charge in [0, 0.05) is 34.9 Å². The van der Waals surface area contributed by atoms with Gasteiger partial charge in [-0.2, -0.15) is 0 Å². The number of hydrogen-bond donors (Lipinski definition) is 1. The minimum absolute atomic E-state index is 0.402. The summed E-state index contributed by atoms with van der Waals surface area (Å²) in [6.45, 7) is 6.72. The molecule has 0 spiro atoms.